The quantitative estimate of drug-likeness (QED) is 0.678. The van der Waals surface area contributed by atoms with Gasteiger partial charge in [0.1, 0.15) is 0 Å². The number of carbonyl (C=O) groups excluding carboxylic acids is 1. The first-order valence-electron chi connectivity index (χ1n) is 5.74. The Bertz CT molecular complexity index is 199. The Labute approximate surface area is 96.8 Å². The Hall–Kier alpha value is -0.220. The number of hydrogen-bond donors (Lipinski definition) is 2. The van der Waals surface area contributed by atoms with Crippen LogP contribution < -0.4 is 10.6 Å². The minimum absolute atomic E-state index is 0.219. The van der Waals surface area contributed by atoms with Gasteiger partial charge < -0.3 is 10.6 Å². The minimum Gasteiger partial charge on any atom is -0.352 e. The molecule has 0 aromatic carbocycles. The van der Waals surface area contributed by atoms with Gasteiger partial charge in [-0.2, -0.15) is 11.8 Å². The zero-order chi connectivity index (χ0) is 11.1. The van der Waals surface area contributed by atoms with Crippen LogP contribution in [-0.2, 0) is 4.79 Å². The van der Waals surface area contributed by atoms with Crippen molar-refractivity contribution in [3.05, 3.63) is 0 Å². The molecule has 1 saturated carbocycles. The van der Waals surface area contributed by atoms with Gasteiger partial charge in [-0.3, -0.25) is 4.79 Å². The maximum Gasteiger partial charge on any atom is 0.220 e. The van der Waals surface area contributed by atoms with Gasteiger partial charge in [-0.15, -0.1) is 0 Å². The minimum atomic E-state index is 0.219. The number of rotatable bonds is 6. The van der Waals surface area contributed by atoms with E-state index in [-0.39, 0.29) is 5.91 Å². The van der Waals surface area contributed by atoms with Crippen LogP contribution in [0.3, 0.4) is 0 Å². The number of hydrogen-bond acceptors (Lipinski definition) is 3. The van der Waals surface area contributed by atoms with Crippen LogP contribution in [0.2, 0.25) is 0 Å². The lowest BCUT2D eigenvalue weighted by molar-refractivity contribution is -0.121. The fourth-order valence-electron chi connectivity index (χ4n) is 2.08. The summed E-state index contributed by atoms with van der Waals surface area (Å²) in [6, 6.07) is 0.419. The van der Waals surface area contributed by atoms with E-state index in [1.807, 2.05) is 18.8 Å². The maximum absolute atomic E-state index is 11.6. The molecule has 0 aromatic rings. The molecule has 1 rings (SSSR count). The van der Waals surface area contributed by atoms with E-state index in [0.29, 0.717) is 17.7 Å². The van der Waals surface area contributed by atoms with Gasteiger partial charge in [0.15, 0.2) is 0 Å². The molecular formula is C11H22N2OS. The molecule has 0 aromatic heterocycles. The van der Waals surface area contributed by atoms with Crippen molar-refractivity contribution in [2.24, 2.45) is 0 Å². The Kier molecular flexibility index (Phi) is 6.10. The maximum atomic E-state index is 11.6. The molecule has 0 spiro atoms. The Morgan fingerprint density at radius 3 is 2.93 bits per heavy atom. The average Bonchev–Trinajstić information content (AvgIpc) is 2.65. The van der Waals surface area contributed by atoms with Crippen molar-refractivity contribution in [3.63, 3.8) is 0 Å². The van der Waals surface area contributed by atoms with Gasteiger partial charge in [0, 0.05) is 17.7 Å². The Balaban J connectivity index is 2.19. The summed E-state index contributed by atoms with van der Waals surface area (Å²) >= 11 is 1.88. The predicted octanol–water partition coefficient (Wildman–Crippen LogP) is 1.39. The summed E-state index contributed by atoms with van der Waals surface area (Å²) in [5.41, 5.74) is 0. The topological polar surface area (TPSA) is 41.1 Å². The second-order valence-electron chi connectivity index (χ2n) is 4.09. The van der Waals surface area contributed by atoms with Gasteiger partial charge in [0.25, 0.3) is 0 Å². The molecule has 0 saturated heterocycles. The highest BCUT2D eigenvalue weighted by atomic mass is 32.2. The van der Waals surface area contributed by atoms with Gasteiger partial charge in [-0.1, -0.05) is 6.42 Å². The molecule has 1 fully saturated rings. The van der Waals surface area contributed by atoms with Crippen LogP contribution in [0, 0.1) is 0 Å². The summed E-state index contributed by atoms with van der Waals surface area (Å²) in [7, 11) is 1.92. The average molecular weight is 230 g/mol. The zero-order valence-electron chi connectivity index (χ0n) is 9.71. The van der Waals surface area contributed by atoms with Crippen molar-refractivity contribution in [2.45, 2.75) is 43.4 Å². The fourth-order valence-corrected chi connectivity index (χ4v) is 3.01. The number of amides is 1. The van der Waals surface area contributed by atoms with E-state index in [1.54, 1.807) is 0 Å². The van der Waals surface area contributed by atoms with E-state index >= 15 is 0 Å². The van der Waals surface area contributed by atoms with Crippen molar-refractivity contribution in [2.75, 3.05) is 19.8 Å². The van der Waals surface area contributed by atoms with Crippen LogP contribution in [-0.4, -0.2) is 37.0 Å². The van der Waals surface area contributed by atoms with Crippen LogP contribution in [0.15, 0.2) is 0 Å². The fraction of sp³-hybridized carbons (Fsp3) is 0.909. The molecule has 4 heteroatoms. The number of nitrogens with one attached hydrogen (secondary N) is 2. The Morgan fingerprint density at radius 2 is 2.27 bits per heavy atom. The second-order valence-corrected chi connectivity index (χ2v) is 5.16. The highest BCUT2D eigenvalue weighted by molar-refractivity contribution is 7.99. The molecule has 88 valence electrons. The number of thioether (sulfide) groups is 1. The third-order valence-electron chi connectivity index (χ3n) is 2.93. The van der Waals surface area contributed by atoms with Crippen LogP contribution >= 0.6 is 11.8 Å². The molecule has 1 aliphatic rings. The molecule has 1 aliphatic carbocycles. The van der Waals surface area contributed by atoms with Crippen molar-refractivity contribution >= 4 is 17.7 Å². The lowest BCUT2D eigenvalue weighted by Crippen LogP contribution is -2.38. The molecule has 0 bridgehead atoms. The van der Waals surface area contributed by atoms with E-state index in [0.717, 1.165) is 19.4 Å². The standard InChI is InChI=1S/C11H22N2OS/c1-12-8-4-7-11(14)13-9-5-3-6-10(9)15-2/h9-10,12H,3-8H2,1-2H3,(H,13,14). The molecule has 3 nitrogen and oxygen atoms in total. The van der Waals surface area contributed by atoms with E-state index in [2.05, 4.69) is 16.9 Å². The van der Waals surface area contributed by atoms with Crippen LogP contribution in [0.5, 0.6) is 0 Å². The summed E-state index contributed by atoms with van der Waals surface area (Å²) in [6.45, 7) is 0.921. The van der Waals surface area contributed by atoms with Gasteiger partial charge in [-0.25, -0.2) is 0 Å². The molecule has 1 amide bonds. The van der Waals surface area contributed by atoms with Gasteiger partial charge >= 0.3 is 0 Å². The third-order valence-corrected chi connectivity index (χ3v) is 4.10. The highest BCUT2D eigenvalue weighted by Gasteiger charge is 2.27. The summed E-state index contributed by atoms with van der Waals surface area (Å²) < 4.78 is 0. The molecule has 0 radical (unpaired) electrons. The molecule has 2 unspecified atom stereocenters. The van der Waals surface area contributed by atoms with Crippen molar-refractivity contribution < 1.29 is 4.79 Å². The monoisotopic (exact) mass is 230 g/mol. The summed E-state index contributed by atoms with van der Waals surface area (Å²) in [4.78, 5) is 11.6. The van der Waals surface area contributed by atoms with Crippen molar-refractivity contribution in [1.29, 1.82) is 0 Å². The smallest absolute Gasteiger partial charge is 0.220 e. The first-order valence-corrected chi connectivity index (χ1v) is 7.03. The SMILES string of the molecule is CNCCCC(=O)NC1CCCC1SC. The van der Waals surface area contributed by atoms with E-state index < -0.39 is 0 Å². The summed E-state index contributed by atoms with van der Waals surface area (Å²) in [6.07, 6.45) is 7.38. The van der Waals surface area contributed by atoms with E-state index in [9.17, 15) is 4.79 Å². The first-order chi connectivity index (χ1) is 7.27. The molecule has 15 heavy (non-hydrogen) atoms. The lowest BCUT2D eigenvalue weighted by atomic mass is 10.2. The van der Waals surface area contributed by atoms with E-state index in [1.165, 1.54) is 12.8 Å². The molecule has 2 atom stereocenters. The van der Waals surface area contributed by atoms with Crippen LogP contribution in [0.4, 0.5) is 0 Å². The van der Waals surface area contributed by atoms with Crippen LogP contribution in [0.25, 0.3) is 0 Å². The van der Waals surface area contributed by atoms with Crippen molar-refractivity contribution in [1.82, 2.24) is 10.6 Å². The second kappa shape index (κ2) is 7.12. The summed E-state index contributed by atoms with van der Waals surface area (Å²) in [5, 5.41) is 6.84. The number of carbonyl (C=O) groups is 1. The predicted molar refractivity (Wildman–Crippen MR) is 66.2 cm³/mol. The lowest BCUT2D eigenvalue weighted by Gasteiger charge is -2.19. The van der Waals surface area contributed by atoms with Crippen molar-refractivity contribution in [3.8, 4) is 0 Å². The highest BCUT2D eigenvalue weighted by Crippen LogP contribution is 2.28. The molecule has 2 N–H and O–H groups in total. The molecule has 0 aliphatic heterocycles. The normalized spacial score (nSPS) is 25.5. The summed E-state index contributed by atoms with van der Waals surface area (Å²) in [5.74, 6) is 0.219. The zero-order valence-corrected chi connectivity index (χ0v) is 10.5. The third kappa shape index (κ3) is 4.43. The van der Waals surface area contributed by atoms with Gasteiger partial charge in [0.2, 0.25) is 5.91 Å². The Morgan fingerprint density at radius 1 is 1.47 bits per heavy atom. The first kappa shape index (κ1) is 12.8. The molecule has 0 heterocycles. The van der Waals surface area contributed by atoms with Gasteiger partial charge in [0.05, 0.1) is 0 Å². The van der Waals surface area contributed by atoms with Crippen LogP contribution in [0.1, 0.15) is 32.1 Å². The van der Waals surface area contributed by atoms with Gasteiger partial charge in [-0.05, 0) is 39.1 Å². The largest absolute Gasteiger partial charge is 0.352 e. The van der Waals surface area contributed by atoms with E-state index in [4.69, 9.17) is 0 Å². The molecular weight excluding hydrogens is 208 g/mol.